The molecule has 2 rings (SSSR count). The van der Waals surface area contributed by atoms with Crippen LogP contribution in [0.25, 0.3) is 0 Å². The van der Waals surface area contributed by atoms with E-state index in [4.69, 9.17) is 0 Å². The Bertz CT molecular complexity index is 659. The van der Waals surface area contributed by atoms with Crippen molar-refractivity contribution < 1.29 is 8.42 Å². The van der Waals surface area contributed by atoms with E-state index in [0.717, 1.165) is 11.4 Å². The van der Waals surface area contributed by atoms with Gasteiger partial charge >= 0.3 is 0 Å². The topological polar surface area (TPSA) is 64.0 Å². The van der Waals surface area contributed by atoms with Crippen molar-refractivity contribution >= 4 is 9.84 Å². The van der Waals surface area contributed by atoms with Crippen molar-refractivity contribution in [3.8, 4) is 0 Å². The lowest BCUT2D eigenvalue weighted by atomic mass is 10.1. The van der Waals surface area contributed by atoms with Crippen molar-refractivity contribution in [2.75, 3.05) is 13.3 Å². The van der Waals surface area contributed by atoms with E-state index in [1.807, 2.05) is 37.0 Å². The fourth-order valence-electron chi connectivity index (χ4n) is 2.01. The maximum Gasteiger partial charge on any atom is 0.175 e. The van der Waals surface area contributed by atoms with Crippen LogP contribution in [0, 0.1) is 0 Å². The zero-order valence-electron chi connectivity index (χ0n) is 11.2. The average Bonchev–Trinajstić information content (AvgIpc) is 2.76. The Kier molecular flexibility index (Phi) is 3.73. The Balaban J connectivity index is 2.38. The minimum atomic E-state index is -3.16. The zero-order chi connectivity index (χ0) is 14.0. The third kappa shape index (κ3) is 2.85. The molecule has 0 aliphatic heterocycles. The first kappa shape index (κ1) is 13.8. The summed E-state index contributed by atoms with van der Waals surface area (Å²) >= 11 is 0. The number of aromatic nitrogens is 2. The van der Waals surface area contributed by atoms with Crippen molar-refractivity contribution in [3.05, 3.63) is 48.0 Å². The summed E-state index contributed by atoms with van der Waals surface area (Å²) in [6.45, 7) is 0. The lowest BCUT2D eigenvalue weighted by Crippen LogP contribution is -2.21. The van der Waals surface area contributed by atoms with E-state index >= 15 is 0 Å². The van der Waals surface area contributed by atoms with Gasteiger partial charge in [-0.25, -0.2) is 13.4 Å². The zero-order valence-corrected chi connectivity index (χ0v) is 12.0. The highest BCUT2D eigenvalue weighted by atomic mass is 32.2. The van der Waals surface area contributed by atoms with Crippen LogP contribution in [0.3, 0.4) is 0 Å². The smallest absolute Gasteiger partial charge is 0.175 e. The summed E-state index contributed by atoms with van der Waals surface area (Å²) < 4.78 is 24.8. The molecule has 1 unspecified atom stereocenters. The fourth-order valence-corrected chi connectivity index (χ4v) is 2.64. The molecule has 0 aliphatic carbocycles. The molecular formula is C13H17N3O2S. The first-order valence-corrected chi connectivity index (χ1v) is 7.77. The lowest BCUT2D eigenvalue weighted by molar-refractivity contribution is 0.601. The molecule has 5 nitrogen and oxygen atoms in total. The molecule has 0 spiro atoms. The summed E-state index contributed by atoms with van der Waals surface area (Å²) in [4.78, 5) is 4.64. The molecule has 0 bridgehead atoms. The van der Waals surface area contributed by atoms with Gasteiger partial charge in [-0.2, -0.15) is 0 Å². The maximum atomic E-state index is 11.4. The van der Waals surface area contributed by atoms with E-state index in [1.165, 1.54) is 6.26 Å². The third-order valence-corrected chi connectivity index (χ3v) is 4.18. The molecule has 0 amide bonds. The Morgan fingerprint density at radius 1 is 1.26 bits per heavy atom. The average molecular weight is 279 g/mol. The summed E-state index contributed by atoms with van der Waals surface area (Å²) in [5.41, 5.74) is 0.976. The number of rotatable bonds is 4. The number of aryl methyl sites for hydroxylation is 1. The highest BCUT2D eigenvalue weighted by Crippen LogP contribution is 2.21. The number of benzene rings is 1. The molecule has 1 N–H and O–H groups in total. The van der Waals surface area contributed by atoms with Crippen molar-refractivity contribution in [1.29, 1.82) is 0 Å². The van der Waals surface area contributed by atoms with Crippen molar-refractivity contribution in [2.45, 2.75) is 10.9 Å². The van der Waals surface area contributed by atoms with E-state index in [2.05, 4.69) is 10.3 Å². The molecular weight excluding hydrogens is 262 g/mol. The van der Waals surface area contributed by atoms with E-state index < -0.39 is 9.84 Å². The predicted octanol–water partition coefficient (Wildman–Crippen LogP) is 1.13. The third-order valence-electron chi connectivity index (χ3n) is 3.05. The van der Waals surface area contributed by atoms with Gasteiger partial charge < -0.3 is 9.88 Å². The molecule has 19 heavy (non-hydrogen) atoms. The number of nitrogens with one attached hydrogen (secondary N) is 1. The molecule has 102 valence electrons. The van der Waals surface area contributed by atoms with Gasteiger partial charge in [0.1, 0.15) is 5.82 Å². The van der Waals surface area contributed by atoms with Crippen LogP contribution < -0.4 is 5.32 Å². The Hall–Kier alpha value is -1.66. The van der Waals surface area contributed by atoms with Crippen LogP contribution in [0.4, 0.5) is 0 Å². The normalized spacial score (nSPS) is 13.4. The van der Waals surface area contributed by atoms with Crippen LogP contribution in [-0.4, -0.2) is 31.3 Å². The SMILES string of the molecule is CNC(c1ccc(S(C)(=O)=O)cc1)c1nccn1C. The van der Waals surface area contributed by atoms with E-state index in [1.54, 1.807) is 18.3 Å². The van der Waals surface area contributed by atoms with E-state index in [-0.39, 0.29) is 6.04 Å². The molecule has 0 saturated carbocycles. The number of hydrogen-bond acceptors (Lipinski definition) is 4. The molecule has 1 aromatic heterocycles. The Morgan fingerprint density at radius 2 is 1.89 bits per heavy atom. The second-order valence-corrected chi connectivity index (χ2v) is 6.47. The molecule has 1 aromatic carbocycles. The second-order valence-electron chi connectivity index (χ2n) is 4.46. The molecule has 6 heteroatoms. The van der Waals surface area contributed by atoms with E-state index in [0.29, 0.717) is 4.90 Å². The molecule has 1 atom stereocenters. The van der Waals surface area contributed by atoms with Gasteiger partial charge in [-0.15, -0.1) is 0 Å². The lowest BCUT2D eigenvalue weighted by Gasteiger charge is -2.16. The van der Waals surface area contributed by atoms with E-state index in [9.17, 15) is 8.42 Å². The fraction of sp³-hybridized carbons (Fsp3) is 0.308. The second kappa shape index (κ2) is 5.14. The first-order valence-electron chi connectivity index (χ1n) is 5.88. The monoisotopic (exact) mass is 279 g/mol. The predicted molar refractivity (Wildman–Crippen MR) is 73.7 cm³/mol. The summed E-state index contributed by atoms with van der Waals surface area (Å²) in [7, 11) is 0.624. The summed E-state index contributed by atoms with van der Waals surface area (Å²) in [6.07, 6.45) is 4.82. The van der Waals surface area contributed by atoms with Crippen molar-refractivity contribution in [1.82, 2.24) is 14.9 Å². The quantitative estimate of drug-likeness (QED) is 0.911. The number of sulfone groups is 1. The number of hydrogen-bond donors (Lipinski definition) is 1. The summed E-state index contributed by atoms with van der Waals surface area (Å²) in [5, 5.41) is 3.19. The molecule has 0 fully saturated rings. The van der Waals surface area contributed by atoms with Crippen molar-refractivity contribution in [2.24, 2.45) is 7.05 Å². The number of imidazole rings is 1. The van der Waals surface area contributed by atoms with Crippen LogP contribution >= 0.6 is 0 Å². The van der Waals surface area contributed by atoms with Crippen LogP contribution in [0.2, 0.25) is 0 Å². The highest BCUT2D eigenvalue weighted by Gasteiger charge is 2.16. The summed E-state index contributed by atoms with van der Waals surface area (Å²) in [6, 6.07) is 6.81. The minimum absolute atomic E-state index is 0.0615. The standard InChI is InChI=1S/C13H17N3O2S/c1-14-12(13-15-8-9-16(13)2)10-4-6-11(7-5-10)19(3,17)18/h4-9,12,14H,1-3H3. The van der Waals surface area contributed by atoms with Gasteiger partial charge in [0.05, 0.1) is 10.9 Å². The molecule has 0 aliphatic rings. The molecule has 0 saturated heterocycles. The minimum Gasteiger partial charge on any atom is -0.336 e. The van der Waals surface area contributed by atoms with Gasteiger partial charge in [-0.3, -0.25) is 0 Å². The maximum absolute atomic E-state index is 11.4. The Labute approximate surface area is 113 Å². The highest BCUT2D eigenvalue weighted by molar-refractivity contribution is 7.90. The largest absolute Gasteiger partial charge is 0.336 e. The van der Waals surface area contributed by atoms with Gasteiger partial charge in [-0.1, -0.05) is 12.1 Å². The van der Waals surface area contributed by atoms with Gasteiger partial charge in [0.15, 0.2) is 9.84 Å². The van der Waals surface area contributed by atoms with Gasteiger partial charge in [0, 0.05) is 25.7 Å². The van der Waals surface area contributed by atoms with Gasteiger partial charge in [0.2, 0.25) is 0 Å². The number of nitrogens with zero attached hydrogens (tertiary/aromatic N) is 2. The van der Waals surface area contributed by atoms with Crippen LogP contribution in [-0.2, 0) is 16.9 Å². The van der Waals surface area contributed by atoms with Crippen molar-refractivity contribution in [3.63, 3.8) is 0 Å². The molecule has 1 heterocycles. The van der Waals surface area contributed by atoms with Crippen LogP contribution in [0.1, 0.15) is 17.4 Å². The molecule has 0 radical (unpaired) electrons. The first-order chi connectivity index (χ1) is 8.93. The summed E-state index contributed by atoms with van der Waals surface area (Å²) in [5.74, 6) is 0.884. The molecule has 2 aromatic rings. The van der Waals surface area contributed by atoms with Crippen LogP contribution in [0.15, 0.2) is 41.6 Å². The van der Waals surface area contributed by atoms with Gasteiger partial charge in [0.25, 0.3) is 0 Å². The Morgan fingerprint density at radius 3 is 2.32 bits per heavy atom. The van der Waals surface area contributed by atoms with Crippen LogP contribution in [0.5, 0.6) is 0 Å². The van der Waals surface area contributed by atoms with Gasteiger partial charge in [-0.05, 0) is 24.7 Å².